The molecule has 0 aliphatic heterocycles. The molecule has 1 fully saturated rings. The van der Waals surface area contributed by atoms with Crippen molar-refractivity contribution < 1.29 is 9.84 Å². The second-order valence-corrected chi connectivity index (χ2v) is 6.47. The molecule has 0 spiro atoms. The third kappa shape index (κ3) is 4.52. The highest BCUT2D eigenvalue weighted by Gasteiger charge is 2.31. The van der Waals surface area contributed by atoms with Crippen molar-refractivity contribution in [1.82, 2.24) is 0 Å². The van der Waals surface area contributed by atoms with Crippen molar-refractivity contribution in [3.8, 4) is 5.75 Å². The fraction of sp³-hybridized carbons (Fsp3) is 0.647. The molecule has 1 aromatic rings. The molecule has 1 aliphatic rings. The molecular weight excluding hydrogens is 286 g/mol. The number of benzene rings is 1. The lowest BCUT2D eigenvalue weighted by atomic mass is 9.74. The average Bonchev–Trinajstić information content (AvgIpc) is 2.53. The van der Waals surface area contributed by atoms with E-state index >= 15 is 0 Å². The number of halogens is 1. The van der Waals surface area contributed by atoms with Crippen LogP contribution in [0.5, 0.6) is 5.75 Å². The number of aliphatic hydroxyl groups excluding tert-OH is 1. The first-order valence-electron chi connectivity index (χ1n) is 7.96. The van der Waals surface area contributed by atoms with E-state index in [1.54, 1.807) is 0 Å². The molecule has 3 nitrogen and oxygen atoms in total. The van der Waals surface area contributed by atoms with E-state index in [2.05, 4.69) is 12.2 Å². The van der Waals surface area contributed by atoms with Crippen molar-refractivity contribution >= 4 is 17.3 Å². The van der Waals surface area contributed by atoms with Crippen LogP contribution in [0.25, 0.3) is 0 Å². The number of nitrogens with one attached hydrogen (secondary N) is 1. The third-order valence-electron chi connectivity index (χ3n) is 4.31. The van der Waals surface area contributed by atoms with Gasteiger partial charge in [-0.3, -0.25) is 0 Å². The minimum absolute atomic E-state index is 0.0299. The molecule has 0 unspecified atom stereocenters. The van der Waals surface area contributed by atoms with Crippen molar-refractivity contribution in [3.63, 3.8) is 0 Å². The predicted octanol–water partition coefficient (Wildman–Crippen LogP) is 4.48. The van der Waals surface area contributed by atoms with Crippen LogP contribution in [0.15, 0.2) is 18.2 Å². The second kappa shape index (κ2) is 7.90. The zero-order valence-corrected chi connectivity index (χ0v) is 13.6. The van der Waals surface area contributed by atoms with Crippen LogP contribution in [0, 0.1) is 5.41 Å². The van der Waals surface area contributed by atoms with Gasteiger partial charge in [0.15, 0.2) is 0 Å². The Bertz CT molecular complexity index is 444. The van der Waals surface area contributed by atoms with E-state index < -0.39 is 0 Å². The summed E-state index contributed by atoms with van der Waals surface area (Å²) in [5, 5.41) is 13.8. The van der Waals surface area contributed by atoms with Gasteiger partial charge in [-0.1, -0.05) is 37.8 Å². The summed E-state index contributed by atoms with van der Waals surface area (Å²) in [5.74, 6) is 0.735. The molecule has 2 N–H and O–H groups in total. The fourth-order valence-electron chi connectivity index (χ4n) is 2.92. The van der Waals surface area contributed by atoms with E-state index in [9.17, 15) is 5.11 Å². The zero-order chi connectivity index (χ0) is 15.1. The Hall–Kier alpha value is -0.930. The van der Waals surface area contributed by atoms with Gasteiger partial charge in [0, 0.05) is 17.6 Å². The lowest BCUT2D eigenvalue weighted by Gasteiger charge is -2.36. The largest absolute Gasteiger partial charge is 0.492 e. The maximum atomic E-state index is 9.73. The number of ether oxygens (including phenoxy) is 1. The van der Waals surface area contributed by atoms with Crippen molar-refractivity contribution in [2.45, 2.75) is 45.4 Å². The molecule has 118 valence electrons. The van der Waals surface area contributed by atoms with Gasteiger partial charge >= 0.3 is 0 Å². The number of hydrogen-bond donors (Lipinski definition) is 2. The van der Waals surface area contributed by atoms with Crippen LogP contribution in [0.1, 0.15) is 45.4 Å². The van der Waals surface area contributed by atoms with Crippen LogP contribution in [-0.4, -0.2) is 24.9 Å². The summed E-state index contributed by atoms with van der Waals surface area (Å²) in [6, 6.07) is 5.80. The predicted molar refractivity (Wildman–Crippen MR) is 88.3 cm³/mol. The average molecular weight is 312 g/mol. The zero-order valence-electron chi connectivity index (χ0n) is 12.8. The quantitative estimate of drug-likeness (QED) is 0.780. The Morgan fingerprint density at radius 1 is 1.29 bits per heavy atom. The van der Waals surface area contributed by atoms with E-state index in [1.165, 1.54) is 19.3 Å². The van der Waals surface area contributed by atoms with Gasteiger partial charge < -0.3 is 15.2 Å². The summed E-state index contributed by atoms with van der Waals surface area (Å²) in [4.78, 5) is 0. The standard InChI is InChI=1S/C17H26ClNO2/c1-2-10-21-16-7-6-14(11-15(16)18)19-12-17(13-20)8-4-3-5-9-17/h6-7,11,19-20H,2-5,8-10,12-13H2,1H3. The molecule has 0 saturated heterocycles. The van der Waals surface area contributed by atoms with Gasteiger partial charge in [0.25, 0.3) is 0 Å². The van der Waals surface area contributed by atoms with E-state index in [0.717, 1.165) is 37.2 Å². The highest BCUT2D eigenvalue weighted by Crippen LogP contribution is 2.36. The van der Waals surface area contributed by atoms with Crippen LogP contribution >= 0.6 is 11.6 Å². The Labute approximate surface area is 132 Å². The summed E-state index contributed by atoms with van der Waals surface area (Å²) in [7, 11) is 0. The van der Waals surface area contributed by atoms with Gasteiger partial charge in [0.2, 0.25) is 0 Å². The maximum absolute atomic E-state index is 9.73. The highest BCUT2D eigenvalue weighted by molar-refractivity contribution is 6.32. The summed E-state index contributed by atoms with van der Waals surface area (Å²) in [5.41, 5.74) is 1.02. The molecule has 0 atom stereocenters. The van der Waals surface area contributed by atoms with Gasteiger partial charge in [-0.15, -0.1) is 0 Å². The van der Waals surface area contributed by atoms with Crippen molar-refractivity contribution in [2.24, 2.45) is 5.41 Å². The van der Waals surface area contributed by atoms with E-state index in [1.807, 2.05) is 18.2 Å². The molecule has 4 heteroatoms. The number of aliphatic hydroxyl groups is 1. The second-order valence-electron chi connectivity index (χ2n) is 6.07. The molecular formula is C17H26ClNO2. The fourth-order valence-corrected chi connectivity index (χ4v) is 3.16. The monoisotopic (exact) mass is 311 g/mol. The van der Waals surface area contributed by atoms with Gasteiger partial charge in [0.1, 0.15) is 5.75 Å². The Kier molecular flexibility index (Phi) is 6.19. The smallest absolute Gasteiger partial charge is 0.138 e. The summed E-state index contributed by atoms with van der Waals surface area (Å²) in [6.45, 7) is 3.81. The first-order chi connectivity index (χ1) is 10.2. The molecule has 21 heavy (non-hydrogen) atoms. The van der Waals surface area contributed by atoms with Crippen LogP contribution in [-0.2, 0) is 0 Å². The van der Waals surface area contributed by atoms with Gasteiger partial charge in [-0.05, 0) is 37.5 Å². The lowest BCUT2D eigenvalue weighted by Crippen LogP contribution is -2.35. The van der Waals surface area contributed by atoms with Gasteiger partial charge in [-0.25, -0.2) is 0 Å². The Morgan fingerprint density at radius 3 is 2.67 bits per heavy atom. The molecule has 0 aromatic heterocycles. The van der Waals surface area contributed by atoms with Crippen LogP contribution in [0.4, 0.5) is 5.69 Å². The summed E-state index contributed by atoms with van der Waals surface area (Å²) < 4.78 is 5.58. The SMILES string of the molecule is CCCOc1ccc(NCC2(CO)CCCCC2)cc1Cl. The molecule has 2 rings (SSSR count). The summed E-state index contributed by atoms with van der Waals surface area (Å²) >= 11 is 6.24. The minimum atomic E-state index is 0.0299. The first-order valence-corrected chi connectivity index (χ1v) is 8.34. The Morgan fingerprint density at radius 2 is 2.05 bits per heavy atom. The van der Waals surface area contributed by atoms with Crippen LogP contribution in [0.3, 0.4) is 0 Å². The van der Waals surface area contributed by atoms with Crippen LogP contribution in [0.2, 0.25) is 5.02 Å². The first kappa shape index (κ1) is 16.4. The minimum Gasteiger partial charge on any atom is -0.492 e. The molecule has 0 bridgehead atoms. The van der Waals surface area contributed by atoms with E-state index in [-0.39, 0.29) is 12.0 Å². The summed E-state index contributed by atoms with van der Waals surface area (Å²) in [6.07, 6.45) is 6.88. The Balaban J connectivity index is 1.94. The topological polar surface area (TPSA) is 41.5 Å². The molecule has 1 saturated carbocycles. The van der Waals surface area contributed by atoms with Crippen molar-refractivity contribution in [3.05, 3.63) is 23.2 Å². The van der Waals surface area contributed by atoms with Gasteiger partial charge in [0.05, 0.1) is 18.2 Å². The number of anilines is 1. The van der Waals surface area contributed by atoms with Crippen molar-refractivity contribution in [2.75, 3.05) is 25.1 Å². The molecule has 1 aromatic carbocycles. The van der Waals surface area contributed by atoms with E-state index in [0.29, 0.717) is 11.6 Å². The van der Waals surface area contributed by atoms with E-state index in [4.69, 9.17) is 16.3 Å². The highest BCUT2D eigenvalue weighted by atomic mass is 35.5. The third-order valence-corrected chi connectivity index (χ3v) is 4.61. The molecule has 1 aliphatic carbocycles. The van der Waals surface area contributed by atoms with Crippen LogP contribution < -0.4 is 10.1 Å². The maximum Gasteiger partial charge on any atom is 0.138 e. The lowest BCUT2D eigenvalue weighted by molar-refractivity contribution is 0.0944. The van der Waals surface area contributed by atoms with Gasteiger partial charge in [-0.2, -0.15) is 0 Å². The normalized spacial score (nSPS) is 17.5. The molecule has 0 heterocycles. The molecule has 0 amide bonds. The molecule has 0 radical (unpaired) electrons. The van der Waals surface area contributed by atoms with Crippen molar-refractivity contribution in [1.29, 1.82) is 0 Å². The number of rotatable bonds is 7. The number of hydrogen-bond acceptors (Lipinski definition) is 3.